The number of aliphatic hydroxyl groups excluding tert-OH is 1. The number of aromatic amines is 2. The van der Waals surface area contributed by atoms with Crippen molar-refractivity contribution in [3.63, 3.8) is 0 Å². The second kappa shape index (κ2) is 6.57. The maximum atomic E-state index is 12.5. The highest BCUT2D eigenvalue weighted by Crippen LogP contribution is 2.29. The summed E-state index contributed by atoms with van der Waals surface area (Å²) in [6.07, 6.45) is 6.05. The van der Waals surface area contributed by atoms with Gasteiger partial charge in [-0.05, 0) is 31.0 Å². The summed E-state index contributed by atoms with van der Waals surface area (Å²) < 4.78 is 7.38. The molecule has 8 heteroatoms. The molecule has 0 bridgehead atoms. The zero-order valence-electron chi connectivity index (χ0n) is 15.5. The van der Waals surface area contributed by atoms with Gasteiger partial charge in [0.25, 0.3) is 0 Å². The van der Waals surface area contributed by atoms with E-state index in [-0.39, 0.29) is 17.9 Å². The van der Waals surface area contributed by atoms with E-state index in [1.807, 2.05) is 24.5 Å². The van der Waals surface area contributed by atoms with Crippen LogP contribution in [0.3, 0.4) is 0 Å². The Kier molecular flexibility index (Phi) is 4.03. The molecular weight excluding hydrogens is 358 g/mol. The molecule has 0 spiro atoms. The van der Waals surface area contributed by atoms with Crippen molar-refractivity contribution in [2.45, 2.75) is 38.5 Å². The molecule has 1 aliphatic heterocycles. The van der Waals surface area contributed by atoms with Crippen molar-refractivity contribution >= 4 is 22.2 Å². The van der Waals surface area contributed by atoms with Crippen molar-refractivity contribution in [1.29, 1.82) is 0 Å². The lowest BCUT2D eigenvalue weighted by Gasteiger charge is -2.26. The van der Waals surface area contributed by atoms with Gasteiger partial charge in [-0.3, -0.25) is 9.55 Å². The largest absolute Gasteiger partial charge is 0.393 e. The number of hydrogen-bond acceptors (Lipinski definition) is 5. The zero-order chi connectivity index (χ0) is 19.3. The summed E-state index contributed by atoms with van der Waals surface area (Å²) in [5, 5.41) is 10.9. The van der Waals surface area contributed by atoms with E-state index < -0.39 is 0 Å². The number of H-pyrrole nitrogens is 2. The summed E-state index contributed by atoms with van der Waals surface area (Å²) in [5.74, 6) is 0. The molecule has 1 saturated heterocycles. The van der Waals surface area contributed by atoms with Gasteiger partial charge in [0.05, 0.1) is 24.3 Å². The van der Waals surface area contributed by atoms with Gasteiger partial charge in [-0.15, -0.1) is 0 Å². The fraction of sp³-hybridized carbons (Fsp3) is 0.350. The van der Waals surface area contributed by atoms with Crippen LogP contribution >= 0.6 is 0 Å². The zero-order valence-corrected chi connectivity index (χ0v) is 15.5. The van der Waals surface area contributed by atoms with E-state index >= 15 is 0 Å². The van der Waals surface area contributed by atoms with Gasteiger partial charge >= 0.3 is 5.69 Å². The molecule has 0 aromatic carbocycles. The van der Waals surface area contributed by atoms with Crippen LogP contribution in [0.1, 0.15) is 18.4 Å². The molecule has 2 atom stereocenters. The van der Waals surface area contributed by atoms with Crippen molar-refractivity contribution in [1.82, 2.24) is 24.5 Å². The van der Waals surface area contributed by atoms with Gasteiger partial charge in [-0.1, -0.05) is 0 Å². The Balaban J connectivity index is 1.58. The summed E-state index contributed by atoms with van der Waals surface area (Å²) in [7, 11) is 0. The molecule has 144 valence electrons. The van der Waals surface area contributed by atoms with E-state index in [2.05, 4.69) is 26.9 Å². The smallest absolute Gasteiger partial charge is 0.327 e. The molecule has 28 heavy (non-hydrogen) atoms. The van der Waals surface area contributed by atoms with E-state index in [0.717, 1.165) is 33.2 Å². The molecule has 3 N–H and O–H groups in total. The second-order valence-corrected chi connectivity index (χ2v) is 7.34. The van der Waals surface area contributed by atoms with Crippen LogP contribution in [-0.4, -0.2) is 48.4 Å². The lowest BCUT2D eigenvalue weighted by atomic mass is 10.0. The van der Waals surface area contributed by atoms with E-state index in [1.165, 1.54) is 0 Å². The van der Waals surface area contributed by atoms with Crippen molar-refractivity contribution in [2.75, 3.05) is 6.61 Å². The maximum Gasteiger partial charge on any atom is 0.327 e. The Morgan fingerprint density at radius 3 is 3.04 bits per heavy atom. The van der Waals surface area contributed by atoms with Crippen LogP contribution in [0.15, 0.2) is 35.5 Å². The van der Waals surface area contributed by atoms with Gasteiger partial charge in [0, 0.05) is 48.1 Å². The Bertz CT molecular complexity index is 1220. The minimum absolute atomic E-state index is 0.191. The van der Waals surface area contributed by atoms with Crippen LogP contribution in [0.25, 0.3) is 33.3 Å². The number of aryl methyl sites for hydroxylation is 1. The van der Waals surface area contributed by atoms with Crippen LogP contribution in [-0.2, 0) is 11.3 Å². The standard InChI is InChI=1S/C20H21N5O3/c1-11-15-2-4-21-18(15)23-9-16(11)12-6-17-19(22-8-12)24-20(27)25(17)10-14-7-13(26)3-5-28-14/h2,4,6,8-9,13-14,26H,3,5,7,10H2,1H3,(H,21,23)(H,22,24,27)/t13-,14+/m0/s1. The molecule has 8 nitrogen and oxygen atoms in total. The van der Waals surface area contributed by atoms with Crippen LogP contribution in [0.2, 0.25) is 0 Å². The average Bonchev–Trinajstić information content (AvgIpc) is 3.27. The summed E-state index contributed by atoms with van der Waals surface area (Å²) in [6.45, 7) is 2.95. The minimum atomic E-state index is -0.379. The van der Waals surface area contributed by atoms with Crippen molar-refractivity contribution in [3.05, 3.63) is 46.8 Å². The molecule has 0 amide bonds. The van der Waals surface area contributed by atoms with Gasteiger partial charge in [-0.2, -0.15) is 0 Å². The average molecular weight is 379 g/mol. The minimum Gasteiger partial charge on any atom is -0.393 e. The Morgan fingerprint density at radius 2 is 2.18 bits per heavy atom. The number of ether oxygens (including phenoxy) is 1. The maximum absolute atomic E-state index is 12.5. The number of rotatable bonds is 3. The fourth-order valence-corrected chi connectivity index (χ4v) is 3.98. The number of imidazole rings is 1. The third-order valence-corrected chi connectivity index (χ3v) is 5.52. The molecule has 0 aliphatic carbocycles. The van der Waals surface area contributed by atoms with Gasteiger partial charge in [0.1, 0.15) is 5.65 Å². The highest BCUT2D eigenvalue weighted by atomic mass is 16.5. The fourth-order valence-electron chi connectivity index (χ4n) is 3.98. The molecule has 1 aliphatic rings. The number of aromatic nitrogens is 5. The third kappa shape index (κ3) is 2.81. The van der Waals surface area contributed by atoms with Crippen molar-refractivity contribution in [2.24, 2.45) is 0 Å². The third-order valence-electron chi connectivity index (χ3n) is 5.52. The Morgan fingerprint density at radius 1 is 1.32 bits per heavy atom. The number of hydrogen-bond donors (Lipinski definition) is 3. The van der Waals surface area contributed by atoms with Gasteiger partial charge in [0.15, 0.2) is 5.65 Å². The number of nitrogens with one attached hydrogen (secondary N) is 2. The first-order valence-electron chi connectivity index (χ1n) is 9.41. The molecule has 4 aromatic heterocycles. The molecule has 5 rings (SSSR count). The van der Waals surface area contributed by atoms with Gasteiger partial charge < -0.3 is 14.8 Å². The summed E-state index contributed by atoms with van der Waals surface area (Å²) in [5.41, 5.74) is 4.87. The number of aliphatic hydroxyl groups is 1. The van der Waals surface area contributed by atoms with Crippen LogP contribution in [0.4, 0.5) is 0 Å². The molecule has 4 aromatic rings. The summed E-state index contributed by atoms with van der Waals surface area (Å²) in [6, 6.07) is 3.97. The van der Waals surface area contributed by atoms with E-state index in [9.17, 15) is 9.90 Å². The Labute approximate surface area is 160 Å². The number of fused-ring (bicyclic) bond motifs is 2. The highest BCUT2D eigenvalue weighted by Gasteiger charge is 2.23. The van der Waals surface area contributed by atoms with Gasteiger partial charge in [0.2, 0.25) is 0 Å². The number of nitrogens with zero attached hydrogens (tertiary/aromatic N) is 3. The normalized spacial score (nSPS) is 20.2. The molecule has 5 heterocycles. The second-order valence-electron chi connectivity index (χ2n) is 7.34. The molecule has 0 radical (unpaired) electrons. The van der Waals surface area contributed by atoms with Crippen molar-refractivity contribution < 1.29 is 9.84 Å². The van der Waals surface area contributed by atoms with Crippen LogP contribution in [0.5, 0.6) is 0 Å². The summed E-state index contributed by atoms with van der Waals surface area (Å²) in [4.78, 5) is 27.3. The van der Waals surface area contributed by atoms with E-state index in [0.29, 0.717) is 31.6 Å². The molecule has 0 saturated carbocycles. The topological polar surface area (TPSA) is 109 Å². The Hall–Kier alpha value is -2.97. The first kappa shape index (κ1) is 17.2. The monoisotopic (exact) mass is 379 g/mol. The lowest BCUT2D eigenvalue weighted by Crippen LogP contribution is -2.34. The molecule has 0 unspecified atom stereocenters. The van der Waals surface area contributed by atoms with Gasteiger partial charge in [-0.25, -0.2) is 14.8 Å². The van der Waals surface area contributed by atoms with E-state index in [4.69, 9.17) is 4.74 Å². The SMILES string of the molecule is Cc1c(-c2cnc3[nH]c(=O)n(C[C@H]4C[C@@H](O)CCO4)c3c2)cnc2[nH]ccc12. The predicted octanol–water partition coefficient (Wildman–Crippen LogP) is 2.12. The first-order valence-corrected chi connectivity index (χ1v) is 9.41. The van der Waals surface area contributed by atoms with Crippen molar-refractivity contribution in [3.8, 4) is 11.1 Å². The van der Waals surface area contributed by atoms with E-state index in [1.54, 1.807) is 10.8 Å². The lowest BCUT2D eigenvalue weighted by molar-refractivity contribution is -0.0496. The number of pyridine rings is 2. The molecule has 1 fully saturated rings. The quantitative estimate of drug-likeness (QED) is 0.505. The first-order chi connectivity index (χ1) is 13.6. The van der Waals surface area contributed by atoms with Crippen LogP contribution in [0, 0.1) is 6.92 Å². The molecular formula is C20H21N5O3. The summed E-state index contributed by atoms with van der Waals surface area (Å²) >= 11 is 0. The predicted molar refractivity (Wildman–Crippen MR) is 105 cm³/mol. The highest BCUT2D eigenvalue weighted by molar-refractivity contribution is 5.88. The van der Waals surface area contributed by atoms with Crippen LogP contribution < -0.4 is 5.69 Å².